The second-order valence-electron chi connectivity index (χ2n) is 3.93. The minimum atomic E-state index is -0.732. The van der Waals surface area contributed by atoms with E-state index in [0.717, 1.165) is 6.54 Å². The van der Waals surface area contributed by atoms with Crippen molar-refractivity contribution in [2.75, 3.05) is 13.6 Å². The number of rotatable bonds is 6. The number of aliphatic carboxylic acids is 1. The van der Waals surface area contributed by atoms with Crippen molar-refractivity contribution in [2.45, 2.75) is 25.8 Å². The molecule has 1 N–H and O–H groups in total. The summed E-state index contributed by atoms with van der Waals surface area (Å²) < 4.78 is 0. The van der Waals surface area contributed by atoms with E-state index in [0.29, 0.717) is 6.42 Å². The Morgan fingerprint density at radius 2 is 2.12 bits per heavy atom. The number of hydrogen-bond donors (Lipinski definition) is 1. The largest absolute Gasteiger partial charge is 0.481 e. The smallest absolute Gasteiger partial charge is 0.303 e. The standard InChI is InChI=1S/C12H18N2O2/c1-10(11-5-7-13-8-6-11)14(2)9-3-4-12(15)16/h5-8,10H,3-4,9H2,1-2H3,(H,15,16). The van der Waals surface area contributed by atoms with Gasteiger partial charge in [0.2, 0.25) is 0 Å². The Bertz CT molecular complexity index is 327. The Hall–Kier alpha value is -1.42. The molecular weight excluding hydrogens is 204 g/mol. The molecule has 4 heteroatoms. The summed E-state index contributed by atoms with van der Waals surface area (Å²) in [4.78, 5) is 16.5. The molecule has 1 unspecified atom stereocenters. The predicted molar refractivity (Wildman–Crippen MR) is 62.2 cm³/mol. The lowest BCUT2D eigenvalue weighted by molar-refractivity contribution is -0.137. The Kier molecular flexibility index (Phi) is 4.92. The second kappa shape index (κ2) is 6.23. The van der Waals surface area contributed by atoms with Crippen molar-refractivity contribution in [1.82, 2.24) is 9.88 Å². The summed E-state index contributed by atoms with van der Waals surface area (Å²) in [7, 11) is 2.01. The average Bonchev–Trinajstić information content (AvgIpc) is 2.28. The van der Waals surface area contributed by atoms with E-state index in [4.69, 9.17) is 5.11 Å². The van der Waals surface area contributed by atoms with Gasteiger partial charge in [0.15, 0.2) is 0 Å². The van der Waals surface area contributed by atoms with E-state index in [1.54, 1.807) is 12.4 Å². The zero-order chi connectivity index (χ0) is 12.0. The maximum Gasteiger partial charge on any atom is 0.303 e. The van der Waals surface area contributed by atoms with Crippen LogP contribution in [0.5, 0.6) is 0 Å². The van der Waals surface area contributed by atoms with Crippen LogP contribution >= 0.6 is 0 Å². The molecule has 0 aromatic carbocycles. The topological polar surface area (TPSA) is 53.4 Å². The summed E-state index contributed by atoms with van der Waals surface area (Å²) in [5, 5.41) is 8.56. The summed E-state index contributed by atoms with van der Waals surface area (Å²) in [6.07, 6.45) is 4.46. The third kappa shape index (κ3) is 3.98. The van der Waals surface area contributed by atoms with Crippen LogP contribution in [-0.2, 0) is 4.79 Å². The third-order valence-electron chi connectivity index (χ3n) is 2.75. The predicted octanol–water partition coefficient (Wildman–Crippen LogP) is 1.94. The van der Waals surface area contributed by atoms with E-state index in [-0.39, 0.29) is 12.5 Å². The maximum absolute atomic E-state index is 10.4. The monoisotopic (exact) mass is 222 g/mol. The fourth-order valence-electron chi connectivity index (χ4n) is 1.57. The Balaban J connectivity index is 2.42. The van der Waals surface area contributed by atoms with Gasteiger partial charge in [0.05, 0.1) is 0 Å². The zero-order valence-corrected chi connectivity index (χ0v) is 9.76. The lowest BCUT2D eigenvalue weighted by atomic mass is 10.1. The molecule has 1 atom stereocenters. The van der Waals surface area contributed by atoms with Crippen LogP contribution in [0.3, 0.4) is 0 Å². The molecule has 0 saturated heterocycles. The van der Waals surface area contributed by atoms with Gasteiger partial charge >= 0.3 is 5.97 Å². The summed E-state index contributed by atoms with van der Waals surface area (Å²) >= 11 is 0. The van der Waals surface area contributed by atoms with Crippen LogP contribution in [0.1, 0.15) is 31.4 Å². The Morgan fingerprint density at radius 1 is 1.50 bits per heavy atom. The fraction of sp³-hybridized carbons (Fsp3) is 0.500. The third-order valence-corrected chi connectivity index (χ3v) is 2.75. The molecule has 0 aliphatic rings. The fourth-order valence-corrected chi connectivity index (χ4v) is 1.57. The number of hydrogen-bond acceptors (Lipinski definition) is 3. The summed E-state index contributed by atoms with van der Waals surface area (Å²) in [6.45, 7) is 2.89. The van der Waals surface area contributed by atoms with Crippen molar-refractivity contribution in [3.8, 4) is 0 Å². The van der Waals surface area contributed by atoms with Gasteiger partial charge in [0, 0.05) is 24.9 Å². The van der Waals surface area contributed by atoms with Crippen molar-refractivity contribution in [1.29, 1.82) is 0 Å². The van der Waals surface area contributed by atoms with Crippen LogP contribution in [0.4, 0.5) is 0 Å². The van der Waals surface area contributed by atoms with E-state index in [1.807, 2.05) is 19.2 Å². The van der Waals surface area contributed by atoms with E-state index < -0.39 is 5.97 Å². The highest BCUT2D eigenvalue weighted by Gasteiger charge is 2.11. The summed E-state index contributed by atoms with van der Waals surface area (Å²) in [6, 6.07) is 4.26. The maximum atomic E-state index is 10.4. The molecule has 4 nitrogen and oxygen atoms in total. The van der Waals surface area contributed by atoms with Gasteiger partial charge in [-0.25, -0.2) is 0 Å². The lowest BCUT2D eigenvalue weighted by Crippen LogP contribution is -2.24. The highest BCUT2D eigenvalue weighted by atomic mass is 16.4. The molecule has 0 amide bonds. The van der Waals surface area contributed by atoms with Crippen molar-refractivity contribution >= 4 is 5.97 Å². The van der Waals surface area contributed by atoms with Gasteiger partial charge in [-0.2, -0.15) is 0 Å². The molecule has 0 saturated carbocycles. The quantitative estimate of drug-likeness (QED) is 0.799. The van der Waals surface area contributed by atoms with E-state index in [1.165, 1.54) is 5.56 Å². The minimum absolute atomic E-state index is 0.230. The number of pyridine rings is 1. The molecule has 0 aliphatic heterocycles. The lowest BCUT2D eigenvalue weighted by Gasteiger charge is -2.24. The number of carbonyl (C=O) groups is 1. The summed E-state index contributed by atoms with van der Waals surface area (Å²) in [5.74, 6) is -0.732. The Morgan fingerprint density at radius 3 is 2.69 bits per heavy atom. The molecule has 88 valence electrons. The first-order valence-corrected chi connectivity index (χ1v) is 5.43. The van der Waals surface area contributed by atoms with Gasteiger partial charge < -0.3 is 5.11 Å². The number of aromatic nitrogens is 1. The SMILES string of the molecule is CC(c1ccncc1)N(C)CCCC(=O)O. The number of carboxylic acid groups (broad SMARTS) is 1. The first-order chi connectivity index (χ1) is 7.61. The second-order valence-corrected chi connectivity index (χ2v) is 3.93. The normalized spacial score (nSPS) is 12.7. The van der Waals surface area contributed by atoms with Crippen LogP contribution in [0.2, 0.25) is 0 Å². The molecule has 0 fully saturated rings. The summed E-state index contributed by atoms with van der Waals surface area (Å²) in [5.41, 5.74) is 1.20. The average molecular weight is 222 g/mol. The highest BCUT2D eigenvalue weighted by Crippen LogP contribution is 2.17. The van der Waals surface area contributed by atoms with Crippen LogP contribution in [0.15, 0.2) is 24.5 Å². The molecule has 16 heavy (non-hydrogen) atoms. The Labute approximate surface area is 95.9 Å². The molecule has 0 aliphatic carbocycles. The first kappa shape index (κ1) is 12.6. The molecular formula is C12H18N2O2. The molecule has 0 spiro atoms. The van der Waals surface area contributed by atoms with Crippen LogP contribution < -0.4 is 0 Å². The van der Waals surface area contributed by atoms with E-state index >= 15 is 0 Å². The molecule has 1 aromatic heterocycles. The molecule has 1 aromatic rings. The van der Waals surface area contributed by atoms with E-state index in [9.17, 15) is 4.79 Å². The van der Waals surface area contributed by atoms with Crippen LogP contribution in [0.25, 0.3) is 0 Å². The van der Waals surface area contributed by atoms with Gasteiger partial charge in [-0.15, -0.1) is 0 Å². The van der Waals surface area contributed by atoms with Crippen molar-refractivity contribution in [3.63, 3.8) is 0 Å². The molecule has 0 radical (unpaired) electrons. The van der Waals surface area contributed by atoms with Crippen molar-refractivity contribution < 1.29 is 9.90 Å². The molecule has 1 heterocycles. The van der Waals surface area contributed by atoms with Gasteiger partial charge in [0.25, 0.3) is 0 Å². The van der Waals surface area contributed by atoms with Gasteiger partial charge in [-0.05, 0) is 44.6 Å². The van der Waals surface area contributed by atoms with E-state index in [2.05, 4.69) is 16.8 Å². The van der Waals surface area contributed by atoms with Crippen molar-refractivity contribution in [3.05, 3.63) is 30.1 Å². The van der Waals surface area contributed by atoms with Gasteiger partial charge in [-0.3, -0.25) is 14.7 Å². The van der Waals surface area contributed by atoms with Crippen LogP contribution in [-0.4, -0.2) is 34.6 Å². The molecule has 0 bridgehead atoms. The first-order valence-electron chi connectivity index (χ1n) is 5.43. The van der Waals surface area contributed by atoms with Crippen LogP contribution in [0, 0.1) is 0 Å². The zero-order valence-electron chi connectivity index (χ0n) is 9.76. The minimum Gasteiger partial charge on any atom is -0.481 e. The highest BCUT2D eigenvalue weighted by molar-refractivity contribution is 5.66. The molecule has 1 rings (SSSR count). The number of nitrogens with zero attached hydrogens (tertiary/aromatic N) is 2. The van der Waals surface area contributed by atoms with Gasteiger partial charge in [0.1, 0.15) is 0 Å². The van der Waals surface area contributed by atoms with Gasteiger partial charge in [-0.1, -0.05) is 0 Å². The van der Waals surface area contributed by atoms with Crippen molar-refractivity contribution in [2.24, 2.45) is 0 Å². The number of carboxylic acids is 1.